The van der Waals surface area contributed by atoms with Crippen molar-refractivity contribution in [1.29, 1.82) is 0 Å². The largest absolute Gasteiger partial charge is 0.391 e. The first-order valence-corrected chi connectivity index (χ1v) is 11.8. The van der Waals surface area contributed by atoms with Crippen molar-refractivity contribution in [3.05, 3.63) is 69.7 Å². The first-order valence-electron chi connectivity index (χ1n) is 10.00. The molecular weight excluding hydrogens is 480 g/mol. The van der Waals surface area contributed by atoms with Gasteiger partial charge in [-0.15, -0.1) is 35.1 Å². The Balaban J connectivity index is 0.00000385. The third kappa shape index (κ3) is 7.70. The first kappa shape index (κ1) is 26.6. The van der Waals surface area contributed by atoms with Gasteiger partial charge in [-0.1, -0.05) is 24.3 Å². The van der Waals surface area contributed by atoms with E-state index in [1.807, 2.05) is 0 Å². The zero-order valence-electron chi connectivity index (χ0n) is 17.9. The van der Waals surface area contributed by atoms with Gasteiger partial charge in [-0.25, -0.2) is 9.59 Å². The van der Waals surface area contributed by atoms with Crippen LogP contribution in [0.3, 0.4) is 0 Å². The lowest BCUT2D eigenvalue weighted by molar-refractivity contribution is 0.159. The van der Waals surface area contributed by atoms with Crippen LogP contribution in [0.25, 0.3) is 20.9 Å². The van der Waals surface area contributed by atoms with Crippen molar-refractivity contribution in [2.75, 3.05) is 26.4 Å². The lowest BCUT2D eigenvalue weighted by Gasteiger charge is -2.08. The molecule has 4 N–H and O–H groups in total. The van der Waals surface area contributed by atoms with Gasteiger partial charge in [0.25, 0.3) is 0 Å². The van der Waals surface area contributed by atoms with Crippen molar-refractivity contribution in [3.63, 3.8) is 0 Å². The molecule has 0 atom stereocenters. The van der Waals surface area contributed by atoms with Crippen LogP contribution in [0, 0.1) is 0 Å². The summed E-state index contributed by atoms with van der Waals surface area (Å²) >= 11 is 3.39. The van der Waals surface area contributed by atoms with Crippen LogP contribution >= 0.6 is 35.1 Å². The van der Waals surface area contributed by atoms with E-state index in [-0.39, 0.29) is 37.0 Å². The standard InChI is InChI=1S/C24H24N2O4S2.ClH/c25-21(13-27)15-29-9-5-19-7-11-31-23(19)17-1-2-18(4-3-17)24-20(8-12-32-24)6-10-30-16-22(26)14-28;/h1-4,7-8,11-12H,5-6,9-10,15-16,25-26H2;1H. The number of hydrogen-bond donors (Lipinski definition) is 2. The topological polar surface area (TPSA) is 105 Å². The van der Waals surface area contributed by atoms with Crippen molar-refractivity contribution < 1.29 is 19.1 Å². The van der Waals surface area contributed by atoms with Crippen molar-refractivity contribution in [2.24, 2.45) is 11.5 Å². The molecule has 2 heterocycles. The van der Waals surface area contributed by atoms with Gasteiger partial charge < -0.3 is 20.9 Å². The molecule has 0 aliphatic heterocycles. The van der Waals surface area contributed by atoms with Crippen LogP contribution in [0.1, 0.15) is 11.1 Å². The van der Waals surface area contributed by atoms with Gasteiger partial charge in [-0.2, -0.15) is 0 Å². The average Bonchev–Trinajstić information content (AvgIpc) is 3.49. The number of hydrogen-bond acceptors (Lipinski definition) is 8. The fourth-order valence-corrected chi connectivity index (χ4v) is 5.06. The summed E-state index contributed by atoms with van der Waals surface area (Å²) in [5, 5.41) is 4.14. The molecule has 1 aromatic carbocycles. The predicted octanol–water partition coefficient (Wildman–Crippen LogP) is 4.03. The maximum Gasteiger partial charge on any atom is 0.147 e. The lowest BCUT2D eigenvalue weighted by atomic mass is 10.0. The second-order valence-electron chi connectivity index (χ2n) is 6.99. The Labute approximate surface area is 206 Å². The average molecular weight is 505 g/mol. The maximum absolute atomic E-state index is 10.4. The summed E-state index contributed by atoms with van der Waals surface area (Å²) in [6.45, 7) is 1.18. The molecule has 0 radical (unpaired) electrons. The second-order valence-corrected chi connectivity index (χ2v) is 8.82. The highest BCUT2D eigenvalue weighted by Gasteiger charge is 2.10. The van der Waals surface area contributed by atoms with Gasteiger partial charge in [0.1, 0.15) is 23.3 Å². The van der Waals surface area contributed by atoms with Gasteiger partial charge in [0.2, 0.25) is 0 Å². The van der Waals surface area contributed by atoms with Crippen LogP contribution in [0.4, 0.5) is 0 Å². The molecule has 6 nitrogen and oxygen atoms in total. The predicted molar refractivity (Wildman–Crippen MR) is 136 cm³/mol. The minimum Gasteiger partial charge on any atom is -0.391 e. The van der Waals surface area contributed by atoms with Gasteiger partial charge in [0.05, 0.1) is 26.4 Å². The SMILES string of the molecule is Cl.NC(=C=O)COCCc1ccsc1-c1ccc(-c2sccc2CCOCC(N)=C=O)cc1. The number of benzene rings is 1. The molecular formula is C24H25ClN2O4S2. The summed E-state index contributed by atoms with van der Waals surface area (Å²) in [5.74, 6) is 3.27. The summed E-state index contributed by atoms with van der Waals surface area (Å²) in [4.78, 5) is 23.2. The highest BCUT2D eigenvalue weighted by atomic mass is 35.5. The first-order chi connectivity index (χ1) is 15.6. The minimum absolute atomic E-state index is 0. The molecule has 0 bridgehead atoms. The zero-order valence-corrected chi connectivity index (χ0v) is 20.3. The molecule has 0 aliphatic rings. The third-order valence-electron chi connectivity index (χ3n) is 4.71. The number of ether oxygens (including phenoxy) is 2. The highest BCUT2D eigenvalue weighted by molar-refractivity contribution is 7.14. The molecule has 3 aromatic rings. The highest BCUT2D eigenvalue weighted by Crippen LogP contribution is 2.34. The van der Waals surface area contributed by atoms with Crippen LogP contribution in [-0.4, -0.2) is 38.3 Å². The van der Waals surface area contributed by atoms with Crippen molar-refractivity contribution >= 4 is 47.0 Å². The number of nitrogens with two attached hydrogens (primary N) is 2. The molecule has 174 valence electrons. The van der Waals surface area contributed by atoms with Crippen LogP contribution in [0.5, 0.6) is 0 Å². The molecule has 0 spiro atoms. The molecule has 0 saturated heterocycles. The monoisotopic (exact) mass is 504 g/mol. The van der Waals surface area contributed by atoms with Crippen molar-refractivity contribution in [2.45, 2.75) is 12.8 Å². The van der Waals surface area contributed by atoms with Gasteiger partial charge in [0, 0.05) is 9.75 Å². The van der Waals surface area contributed by atoms with Crippen molar-refractivity contribution in [3.8, 4) is 20.9 Å². The molecule has 0 unspecified atom stereocenters. The van der Waals surface area contributed by atoms with E-state index in [2.05, 4.69) is 47.2 Å². The Bertz CT molecular complexity index is 1040. The number of rotatable bonds is 12. The van der Waals surface area contributed by atoms with Gasteiger partial charge in [-0.3, -0.25) is 0 Å². The Hall–Kier alpha value is -2.67. The fourth-order valence-electron chi connectivity index (χ4n) is 3.13. The Morgan fingerprint density at radius 3 is 1.48 bits per heavy atom. The van der Waals surface area contributed by atoms with Crippen molar-refractivity contribution in [1.82, 2.24) is 0 Å². The third-order valence-corrected chi connectivity index (χ3v) is 6.72. The summed E-state index contributed by atoms with van der Waals surface area (Å²) in [5.41, 5.74) is 15.7. The molecule has 33 heavy (non-hydrogen) atoms. The molecule has 9 heteroatoms. The van der Waals surface area contributed by atoms with Gasteiger partial charge in [-0.05, 0) is 58.0 Å². The van der Waals surface area contributed by atoms with E-state index in [4.69, 9.17) is 20.9 Å². The quantitative estimate of drug-likeness (QED) is 0.285. The van der Waals surface area contributed by atoms with Crippen LogP contribution in [0.15, 0.2) is 58.6 Å². The van der Waals surface area contributed by atoms with Crippen LogP contribution in [-0.2, 0) is 31.9 Å². The van der Waals surface area contributed by atoms with E-state index in [9.17, 15) is 9.59 Å². The molecule has 2 aromatic heterocycles. The van der Waals surface area contributed by atoms with Gasteiger partial charge >= 0.3 is 0 Å². The summed E-state index contributed by atoms with van der Waals surface area (Å²) in [6, 6.07) is 12.7. The van der Waals surface area contributed by atoms with Crippen LogP contribution < -0.4 is 11.5 Å². The molecule has 0 amide bonds. The number of halogens is 1. The fraction of sp³-hybridized carbons (Fsp3) is 0.250. The van der Waals surface area contributed by atoms with Gasteiger partial charge in [0.15, 0.2) is 0 Å². The van der Waals surface area contributed by atoms with E-state index >= 15 is 0 Å². The Morgan fingerprint density at radius 2 is 1.12 bits per heavy atom. The molecule has 3 rings (SSSR count). The van der Waals surface area contributed by atoms with E-state index in [1.54, 1.807) is 34.6 Å². The van der Waals surface area contributed by atoms with E-state index < -0.39 is 0 Å². The second kappa shape index (κ2) is 13.8. The minimum atomic E-state index is 0. The van der Waals surface area contributed by atoms with E-state index in [0.29, 0.717) is 13.2 Å². The Morgan fingerprint density at radius 1 is 0.727 bits per heavy atom. The summed E-state index contributed by atoms with van der Waals surface area (Å²) < 4.78 is 10.9. The lowest BCUT2D eigenvalue weighted by Crippen LogP contribution is -2.09. The number of thiophene rings is 2. The zero-order chi connectivity index (χ0) is 22.8. The molecule has 0 aliphatic carbocycles. The summed E-state index contributed by atoms with van der Waals surface area (Å²) in [6.07, 6.45) is 1.48. The van der Waals surface area contributed by atoms with E-state index in [1.165, 1.54) is 20.9 Å². The van der Waals surface area contributed by atoms with Crippen LogP contribution in [0.2, 0.25) is 0 Å². The Kier molecular flexibility index (Phi) is 11.1. The smallest absolute Gasteiger partial charge is 0.147 e. The number of carbonyl (C=O) groups excluding carboxylic acids is 2. The normalized spacial score (nSPS) is 10.2. The van der Waals surface area contributed by atoms with E-state index in [0.717, 1.165) is 24.0 Å². The molecule has 0 fully saturated rings. The maximum atomic E-state index is 10.4. The molecule has 0 saturated carbocycles. The summed E-state index contributed by atoms with van der Waals surface area (Å²) in [7, 11) is 0.